The predicted molar refractivity (Wildman–Crippen MR) is 73.3 cm³/mol. The highest BCUT2D eigenvalue weighted by atomic mass is 16.4. The molecular formula is C14H20N2O2. The molecule has 0 saturated carbocycles. The fraction of sp³-hybridized carbons (Fsp3) is 0.500. The fourth-order valence-corrected chi connectivity index (χ4v) is 2.27. The van der Waals surface area contributed by atoms with Crippen LogP contribution in [0.3, 0.4) is 0 Å². The maximum Gasteiger partial charge on any atom is 0.310 e. The molecule has 0 fully saturated rings. The molecule has 1 aliphatic rings. The summed E-state index contributed by atoms with van der Waals surface area (Å²) in [4.78, 5) is 15.6. The van der Waals surface area contributed by atoms with Gasteiger partial charge in [-0.1, -0.05) is 12.1 Å². The zero-order chi connectivity index (χ0) is 13.3. The zero-order valence-electron chi connectivity index (χ0n) is 11.2. The summed E-state index contributed by atoms with van der Waals surface area (Å²) in [7, 11) is 2.07. The monoisotopic (exact) mass is 248 g/mol. The van der Waals surface area contributed by atoms with Gasteiger partial charge in [0, 0.05) is 26.7 Å². The van der Waals surface area contributed by atoms with Gasteiger partial charge in [-0.25, -0.2) is 0 Å². The summed E-state index contributed by atoms with van der Waals surface area (Å²) in [5.74, 6) is -0.751. The van der Waals surface area contributed by atoms with E-state index in [2.05, 4.69) is 29.0 Å². The molecular weight excluding hydrogens is 228 g/mol. The minimum absolute atomic E-state index is 0.535. The Bertz CT molecular complexity index is 457. The van der Waals surface area contributed by atoms with Crippen molar-refractivity contribution in [3.8, 4) is 0 Å². The highest BCUT2D eigenvalue weighted by molar-refractivity contribution is 5.77. The van der Waals surface area contributed by atoms with Crippen molar-refractivity contribution in [1.29, 1.82) is 0 Å². The average Bonchev–Trinajstić information content (AvgIpc) is 2.33. The van der Waals surface area contributed by atoms with E-state index >= 15 is 0 Å². The van der Waals surface area contributed by atoms with E-state index in [4.69, 9.17) is 0 Å². The lowest BCUT2D eigenvalue weighted by Gasteiger charge is -2.39. The number of aliphatic carboxylic acids is 1. The SMILES string of the molecule is CN1CCN(CC(C)(C)C(=O)O)c2ccccc21. The van der Waals surface area contributed by atoms with Gasteiger partial charge in [0.1, 0.15) is 0 Å². The van der Waals surface area contributed by atoms with E-state index in [0.29, 0.717) is 6.54 Å². The molecule has 0 spiro atoms. The number of carbonyl (C=O) groups is 1. The molecule has 98 valence electrons. The fourth-order valence-electron chi connectivity index (χ4n) is 2.27. The number of fused-ring (bicyclic) bond motifs is 1. The maximum absolute atomic E-state index is 11.2. The molecule has 18 heavy (non-hydrogen) atoms. The molecule has 1 aromatic rings. The van der Waals surface area contributed by atoms with Gasteiger partial charge in [-0.05, 0) is 26.0 Å². The van der Waals surface area contributed by atoms with Crippen LogP contribution in [-0.4, -0.2) is 37.8 Å². The summed E-state index contributed by atoms with van der Waals surface area (Å²) in [6, 6.07) is 8.15. The van der Waals surface area contributed by atoms with Crippen LogP contribution in [0.2, 0.25) is 0 Å². The Hall–Kier alpha value is -1.71. The number of benzene rings is 1. The Morgan fingerprint density at radius 2 is 1.89 bits per heavy atom. The van der Waals surface area contributed by atoms with Crippen LogP contribution in [0.4, 0.5) is 11.4 Å². The molecule has 0 unspecified atom stereocenters. The molecule has 1 heterocycles. The van der Waals surface area contributed by atoms with Gasteiger partial charge in [-0.3, -0.25) is 4.79 Å². The number of hydrogen-bond acceptors (Lipinski definition) is 3. The second kappa shape index (κ2) is 4.52. The van der Waals surface area contributed by atoms with E-state index in [1.54, 1.807) is 13.8 Å². The first-order chi connectivity index (χ1) is 8.42. The van der Waals surface area contributed by atoms with Crippen molar-refractivity contribution < 1.29 is 9.90 Å². The van der Waals surface area contributed by atoms with Gasteiger partial charge in [-0.2, -0.15) is 0 Å². The third kappa shape index (κ3) is 2.28. The summed E-state index contributed by atoms with van der Waals surface area (Å²) in [6.45, 7) is 5.87. The summed E-state index contributed by atoms with van der Waals surface area (Å²) in [5.41, 5.74) is 1.56. The first kappa shape index (κ1) is 12.7. The van der Waals surface area contributed by atoms with Crippen molar-refractivity contribution in [2.45, 2.75) is 13.8 Å². The lowest BCUT2D eigenvalue weighted by Crippen LogP contribution is -2.45. The Morgan fingerprint density at radius 3 is 2.50 bits per heavy atom. The lowest BCUT2D eigenvalue weighted by atomic mass is 9.92. The normalized spacial score (nSPS) is 15.5. The van der Waals surface area contributed by atoms with E-state index in [0.717, 1.165) is 18.8 Å². The number of carboxylic acid groups (broad SMARTS) is 1. The van der Waals surface area contributed by atoms with Gasteiger partial charge >= 0.3 is 5.97 Å². The topological polar surface area (TPSA) is 43.8 Å². The van der Waals surface area contributed by atoms with Crippen LogP contribution < -0.4 is 9.80 Å². The third-order valence-corrected chi connectivity index (χ3v) is 3.50. The number of anilines is 2. The smallest absolute Gasteiger partial charge is 0.310 e. The Morgan fingerprint density at radius 1 is 1.28 bits per heavy atom. The van der Waals surface area contributed by atoms with Crippen molar-refractivity contribution in [3.05, 3.63) is 24.3 Å². The number of nitrogens with zero attached hydrogens (tertiary/aromatic N) is 2. The second-order valence-electron chi connectivity index (χ2n) is 5.52. The van der Waals surface area contributed by atoms with E-state index in [1.807, 2.05) is 12.1 Å². The predicted octanol–water partition coefficient (Wildman–Crippen LogP) is 2.05. The molecule has 0 saturated heterocycles. The van der Waals surface area contributed by atoms with Gasteiger partial charge in [0.15, 0.2) is 0 Å². The molecule has 0 bridgehead atoms. The first-order valence-corrected chi connectivity index (χ1v) is 6.20. The van der Waals surface area contributed by atoms with Crippen molar-refractivity contribution in [3.63, 3.8) is 0 Å². The third-order valence-electron chi connectivity index (χ3n) is 3.50. The molecule has 0 aliphatic carbocycles. The van der Waals surface area contributed by atoms with Gasteiger partial charge in [0.25, 0.3) is 0 Å². The standard InChI is InChI=1S/C14H20N2O2/c1-14(2,13(17)18)10-16-9-8-15(3)11-6-4-5-7-12(11)16/h4-7H,8-10H2,1-3H3,(H,17,18). The highest BCUT2D eigenvalue weighted by Gasteiger charge is 2.32. The molecule has 0 atom stereocenters. The van der Waals surface area contributed by atoms with Crippen LogP contribution >= 0.6 is 0 Å². The zero-order valence-corrected chi connectivity index (χ0v) is 11.2. The molecule has 4 nitrogen and oxygen atoms in total. The molecule has 1 N–H and O–H groups in total. The first-order valence-electron chi connectivity index (χ1n) is 6.20. The van der Waals surface area contributed by atoms with Crippen LogP contribution in [0.25, 0.3) is 0 Å². The molecule has 0 aromatic heterocycles. The van der Waals surface area contributed by atoms with E-state index in [-0.39, 0.29) is 0 Å². The van der Waals surface area contributed by atoms with Crippen molar-refractivity contribution in [2.24, 2.45) is 5.41 Å². The van der Waals surface area contributed by atoms with E-state index in [1.165, 1.54) is 5.69 Å². The Labute approximate surface area is 108 Å². The maximum atomic E-state index is 11.2. The van der Waals surface area contributed by atoms with Crippen molar-refractivity contribution in [2.75, 3.05) is 36.5 Å². The minimum atomic E-state index is -0.751. The molecule has 2 rings (SSSR count). The van der Waals surface area contributed by atoms with E-state index < -0.39 is 11.4 Å². The van der Waals surface area contributed by atoms with Crippen molar-refractivity contribution in [1.82, 2.24) is 0 Å². The number of para-hydroxylation sites is 2. The molecule has 1 aromatic carbocycles. The van der Waals surface area contributed by atoms with Crippen molar-refractivity contribution >= 4 is 17.3 Å². The summed E-state index contributed by atoms with van der Waals surface area (Å²) in [5, 5.41) is 9.23. The van der Waals surface area contributed by atoms with Gasteiger partial charge in [-0.15, -0.1) is 0 Å². The van der Waals surface area contributed by atoms with Gasteiger partial charge < -0.3 is 14.9 Å². The number of likely N-dealkylation sites (N-methyl/N-ethyl adjacent to an activating group) is 1. The highest BCUT2D eigenvalue weighted by Crippen LogP contribution is 2.33. The van der Waals surface area contributed by atoms with Crippen LogP contribution in [0.15, 0.2) is 24.3 Å². The van der Waals surface area contributed by atoms with Crippen LogP contribution in [-0.2, 0) is 4.79 Å². The number of hydrogen-bond donors (Lipinski definition) is 1. The Balaban J connectivity index is 2.27. The summed E-state index contributed by atoms with van der Waals surface area (Å²) < 4.78 is 0. The summed E-state index contributed by atoms with van der Waals surface area (Å²) in [6.07, 6.45) is 0. The lowest BCUT2D eigenvalue weighted by molar-refractivity contribution is -0.146. The van der Waals surface area contributed by atoms with Crippen LogP contribution in [0.1, 0.15) is 13.8 Å². The Kier molecular flexibility index (Phi) is 3.20. The average molecular weight is 248 g/mol. The number of rotatable bonds is 3. The molecule has 1 aliphatic heterocycles. The van der Waals surface area contributed by atoms with Crippen LogP contribution in [0, 0.1) is 5.41 Å². The quantitative estimate of drug-likeness (QED) is 0.889. The van der Waals surface area contributed by atoms with Gasteiger partial charge in [0.2, 0.25) is 0 Å². The molecule has 0 amide bonds. The molecule has 0 radical (unpaired) electrons. The van der Waals surface area contributed by atoms with Gasteiger partial charge in [0.05, 0.1) is 16.8 Å². The summed E-state index contributed by atoms with van der Waals surface area (Å²) >= 11 is 0. The minimum Gasteiger partial charge on any atom is -0.481 e. The van der Waals surface area contributed by atoms with E-state index in [9.17, 15) is 9.90 Å². The van der Waals surface area contributed by atoms with Crippen LogP contribution in [0.5, 0.6) is 0 Å². The largest absolute Gasteiger partial charge is 0.481 e. The molecule has 4 heteroatoms. The number of carboxylic acids is 1. The second-order valence-corrected chi connectivity index (χ2v) is 5.52.